The zero-order chi connectivity index (χ0) is 23.7. The summed E-state index contributed by atoms with van der Waals surface area (Å²) in [5.74, 6) is 0.545. The van der Waals surface area contributed by atoms with Crippen molar-refractivity contribution in [3.63, 3.8) is 0 Å². The number of fused-ring (bicyclic) bond motifs is 1. The molecular weight excluding hydrogens is 459 g/mol. The molecule has 180 valence electrons. The zero-order valence-electron chi connectivity index (χ0n) is 18.9. The van der Waals surface area contributed by atoms with Crippen molar-refractivity contribution >= 4 is 22.6 Å². The Morgan fingerprint density at radius 2 is 1.94 bits per heavy atom. The molecule has 1 saturated heterocycles. The summed E-state index contributed by atoms with van der Waals surface area (Å²) in [5, 5.41) is 0.696. The van der Waals surface area contributed by atoms with Crippen LogP contribution in [-0.2, 0) is 13.1 Å². The van der Waals surface area contributed by atoms with Gasteiger partial charge in [0.25, 0.3) is 5.56 Å². The lowest BCUT2D eigenvalue weighted by molar-refractivity contribution is 0.164. The Hall–Kier alpha value is -2.68. The fourth-order valence-electron chi connectivity index (χ4n) is 5.03. The second kappa shape index (κ2) is 9.90. The predicted octanol–water partition coefficient (Wildman–Crippen LogP) is 3.69. The molecule has 0 bridgehead atoms. The van der Waals surface area contributed by atoms with E-state index in [1.54, 1.807) is 24.4 Å². The van der Waals surface area contributed by atoms with Gasteiger partial charge in [-0.25, -0.2) is 4.39 Å². The molecule has 0 saturated carbocycles. The average Bonchev–Trinajstić information content (AvgIpc) is 3.25. The number of benzene rings is 1. The van der Waals surface area contributed by atoms with Gasteiger partial charge in [0.05, 0.1) is 16.1 Å². The van der Waals surface area contributed by atoms with Gasteiger partial charge in [0.15, 0.2) is 17.3 Å². The molecule has 34 heavy (non-hydrogen) atoms. The number of aromatic nitrogens is 2. The third-order valence-corrected chi connectivity index (χ3v) is 6.92. The molecule has 1 unspecified atom stereocenters. The van der Waals surface area contributed by atoms with Crippen molar-refractivity contribution in [1.29, 1.82) is 0 Å². The summed E-state index contributed by atoms with van der Waals surface area (Å²) in [7, 11) is 0. The first kappa shape index (κ1) is 23.1. The van der Waals surface area contributed by atoms with Crippen LogP contribution in [0.1, 0.15) is 36.3 Å². The Morgan fingerprint density at radius 1 is 1.15 bits per heavy atom. The van der Waals surface area contributed by atoms with Crippen LogP contribution < -0.4 is 20.8 Å². The van der Waals surface area contributed by atoms with E-state index in [0.717, 1.165) is 42.8 Å². The predicted molar refractivity (Wildman–Crippen MR) is 129 cm³/mol. The molecule has 0 amide bonds. The third-order valence-electron chi connectivity index (χ3n) is 6.62. The molecule has 3 aromatic rings. The molecule has 0 spiro atoms. The highest BCUT2D eigenvalue weighted by molar-refractivity contribution is 6.32. The van der Waals surface area contributed by atoms with E-state index in [-0.39, 0.29) is 11.3 Å². The van der Waals surface area contributed by atoms with Crippen LogP contribution in [0.15, 0.2) is 35.3 Å². The largest absolute Gasteiger partial charge is 0.486 e. The topological polar surface area (TPSA) is 82.6 Å². The Balaban J connectivity index is 0.000000159. The van der Waals surface area contributed by atoms with Gasteiger partial charge in [-0.1, -0.05) is 18.0 Å². The summed E-state index contributed by atoms with van der Waals surface area (Å²) in [6.45, 7) is 5.19. The SMILES string of the molecule is NCc1cc(F)c2c(c1)OCCO2.O=c1ccc2ncc(Cl)c3c2n1CC3CN1CCCCC1. The number of hydrogen-bond donors (Lipinski definition) is 1. The Bertz CT molecular complexity index is 1260. The summed E-state index contributed by atoms with van der Waals surface area (Å²) in [6.07, 6.45) is 5.61. The molecule has 3 aliphatic rings. The van der Waals surface area contributed by atoms with Gasteiger partial charge in [-0.3, -0.25) is 9.78 Å². The number of ether oxygens (including phenoxy) is 2. The Morgan fingerprint density at radius 3 is 2.74 bits per heavy atom. The van der Waals surface area contributed by atoms with Crippen LogP contribution in [0.4, 0.5) is 4.39 Å². The molecule has 2 N–H and O–H groups in total. The standard InChI is InChI=1S/C16H18ClN3O.C9H10FNO2/c17-12-8-18-13-4-5-14(21)20-10-11(15(12)16(13)20)9-19-6-2-1-3-7-19;10-7-3-6(5-11)4-8-9(7)13-2-1-12-8/h4-5,8,11H,1-3,6-7,9-10H2;3-4H,1-2,5,11H2. The molecule has 1 atom stereocenters. The van der Waals surface area contributed by atoms with Gasteiger partial charge in [0, 0.05) is 43.4 Å². The molecular formula is C25H28ClFN4O3. The zero-order valence-corrected chi connectivity index (χ0v) is 19.7. The second-order valence-corrected chi connectivity index (χ2v) is 9.31. The second-order valence-electron chi connectivity index (χ2n) is 8.90. The first-order valence-electron chi connectivity index (χ1n) is 11.7. The van der Waals surface area contributed by atoms with Crippen molar-refractivity contribution in [2.75, 3.05) is 32.8 Å². The van der Waals surface area contributed by atoms with Gasteiger partial charge >= 0.3 is 0 Å². The van der Waals surface area contributed by atoms with Gasteiger partial charge in [-0.15, -0.1) is 0 Å². The Labute approximate surface area is 202 Å². The van der Waals surface area contributed by atoms with Crippen molar-refractivity contribution in [3.8, 4) is 11.5 Å². The van der Waals surface area contributed by atoms with Crippen LogP contribution in [0.5, 0.6) is 11.5 Å². The Kier molecular flexibility index (Phi) is 6.72. The van der Waals surface area contributed by atoms with E-state index in [2.05, 4.69) is 9.88 Å². The number of nitrogens with two attached hydrogens (primary N) is 1. The molecule has 6 rings (SSSR count). The molecule has 5 heterocycles. The number of halogens is 2. The molecule has 1 aromatic carbocycles. The highest BCUT2D eigenvalue weighted by Gasteiger charge is 2.30. The fourth-order valence-corrected chi connectivity index (χ4v) is 5.32. The first-order valence-corrected chi connectivity index (χ1v) is 12.1. The summed E-state index contributed by atoms with van der Waals surface area (Å²) < 4.78 is 25.4. The molecule has 2 aromatic heterocycles. The van der Waals surface area contributed by atoms with Gasteiger partial charge in [-0.2, -0.15) is 0 Å². The minimum Gasteiger partial charge on any atom is -0.486 e. The third kappa shape index (κ3) is 4.50. The lowest BCUT2D eigenvalue weighted by Crippen LogP contribution is -2.34. The summed E-state index contributed by atoms with van der Waals surface area (Å²) >= 11 is 6.41. The minimum absolute atomic E-state index is 0.0500. The molecule has 3 aliphatic heterocycles. The minimum atomic E-state index is -0.405. The van der Waals surface area contributed by atoms with Gasteiger partial charge in [0.1, 0.15) is 13.2 Å². The van der Waals surface area contributed by atoms with Crippen molar-refractivity contribution < 1.29 is 13.9 Å². The molecule has 0 radical (unpaired) electrons. The van der Waals surface area contributed by atoms with Crippen LogP contribution >= 0.6 is 11.6 Å². The van der Waals surface area contributed by atoms with E-state index in [4.69, 9.17) is 26.8 Å². The van der Waals surface area contributed by atoms with Crippen LogP contribution in [0.2, 0.25) is 5.02 Å². The van der Waals surface area contributed by atoms with Gasteiger partial charge in [-0.05, 0) is 49.7 Å². The van der Waals surface area contributed by atoms with Gasteiger partial charge < -0.3 is 24.7 Å². The van der Waals surface area contributed by atoms with Crippen LogP contribution in [0.25, 0.3) is 11.0 Å². The van der Waals surface area contributed by atoms with Crippen molar-refractivity contribution in [3.05, 3.63) is 62.8 Å². The number of likely N-dealkylation sites (tertiary alicyclic amines) is 1. The number of hydrogen-bond acceptors (Lipinski definition) is 6. The van der Waals surface area contributed by atoms with E-state index >= 15 is 0 Å². The van der Waals surface area contributed by atoms with Crippen molar-refractivity contribution in [1.82, 2.24) is 14.5 Å². The quantitative estimate of drug-likeness (QED) is 0.608. The van der Waals surface area contributed by atoms with Crippen molar-refractivity contribution in [2.24, 2.45) is 5.73 Å². The number of pyridine rings is 2. The molecule has 1 fully saturated rings. The maximum Gasteiger partial charge on any atom is 0.251 e. The summed E-state index contributed by atoms with van der Waals surface area (Å²) in [4.78, 5) is 19.0. The number of rotatable bonds is 3. The maximum absolute atomic E-state index is 13.3. The van der Waals surface area contributed by atoms with Crippen LogP contribution in [-0.4, -0.2) is 47.3 Å². The van der Waals surface area contributed by atoms with E-state index in [0.29, 0.717) is 42.0 Å². The highest BCUT2D eigenvalue weighted by atomic mass is 35.5. The number of nitrogens with zero attached hydrogens (tertiary/aromatic N) is 3. The normalized spacial score (nSPS) is 19.1. The smallest absolute Gasteiger partial charge is 0.251 e. The lowest BCUT2D eigenvalue weighted by atomic mass is 10.00. The average molecular weight is 487 g/mol. The summed E-state index contributed by atoms with van der Waals surface area (Å²) in [5.41, 5.74) is 9.08. The van der Waals surface area contributed by atoms with Gasteiger partial charge in [0.2, 0.25) is 0 Å². The van der Waals surface area contributed by atoms with Crippen LogP contribution in [0, 0.1) is 5.82 Å². The summed E-state index contributed by atoms with van der Waals surface area (Å²) in [6, 6.07) is 6.48. The maximum atomic E-state index is 13.3. The first-order chi connectivity index (χ1) is 16.5. The molecule has 0 aliphatic carbocycles. The highest BCUT2D eigenvalue weighted by Crippen LogP contribution is 2.37. The van der Waals surface area contributed by atoms with E-state index in [1.165, 1.54) is 25.3 Å². The molecule has 9 heteroatoms. The van der Waals surface area contributed by atoms with E-state index in [9.17, 15) is 9.18 Å². The van der Waals surface area contributed by atoms with Crippen LogP contribution in [0.3, 0.4) is 0 Å². The number of piperidine rings is 1. The monoisotopic (exact) mass is 486 g/mol. The fraction of sp³-hybridized carbons (Fsp3) is 0.440. The lowest BCUT2D eigenvalue weighted by Gasteiger charge is -2.29. The van der Waals surface area contributed by atoms with E-state index < -0.39 is 5.82 Å². The van der Waals surface area contributed by atoms with E-state index in [1.807, 2.05) is 4.57 Å². The molecule has 7 nitrogen and oxygen atoms in total. The van der Waals surface area contributed by atoms with Crippen molar-refractivity contribution in [2.45, 2.75) is 38.3 Å².